The monoisotopic (exact) mass is 216 g/mol. The second kappa shape index (κ2) is 8.85. The molecule has 0 fully saturated rings. The Morgan fingerprint density at radius 2 is 1.80 bits per heavy atom. The number of nitrogens with zero attached hydrogens (tertiary/aromatic N) is 1. The lowest BCUT2D eigenvalue weighted by Gasteiger charge is -2.22. The fraction of sp³-hybridized carbons (Fsp3) is 0.818. The van der Waals surface area contributed by atoms with Gasteiger partial charge in [0.25, 0.3) is 0 Å². The van der Waals surface area contributed by atoms with E-state index in [4.69, 9.17) is 10.2 Å². The molecule has 15 heavy (non-hydrogen) atoms. The first-order valence-corrected chi connectivity index (χ1v) is 5.44. The summed E-state index contributed by atoms with van der Waals surface area (Å²) in [7, 11) is 0. The number of hydrogen-bond acceptors (Lipinski definition) is 4. The number of aliphatic hydroxyl groups is 2. The van der Waals surface area contributed by atoms with E-state index in [1.54, 1.807) is 0 Å². The van der Waals surface area contributed by atoms with Crippen molar-refractivity contribution in [2.45, 2.75) is 19.9 Å². The van der Waals surface area contributed by atoms with E-state index in [0.29, 0.717) is 19.1 Å². The van der Waals surface area contributed by atoms with Gasteiger partial charge in [-0.3, -0.25) is 4.90 Å². The van der Waals surface area contributed by atoms with Crippen LogP contribution in [0.1, 0.15) is 13.8 Å². The lowest BCUT2D eigenvalue weighted by molar-refractivity contribution is 0.169. The molecule has 0 atom stereocenters. The Bertz CT molecular complexity index is 166. The average molecular weight is 216 g/mol. The first kappa shape index (κ1) is 14.6. The molecule has 0 saturated heterocycles. The fourth-order valence-corrected chi connectivity index (χ4v) is 1.27. The molecule has 90 valence electrons. The minimum Gasteiger partial charge on any atom is -0.395 e. The van der Waals surface area contributed by atoms with Crippen molar-refractivity contribution in [1.82, 2.24) is 10.2 Å². The molecule has 0 heterocycles. The second-order valence-corrected chi connectivity index (χ2v) is 4.01. The van der Waals surface area contributed by atoms with E-state index in [1.165, 1.54) is 0 Å². The number of nitrogens with one attached hydrogen (secondary N) is 1. The average Bonchev–Trinajstić information content (AvgIpc) is 2.15. The summed E-state index contributed by atoms with van der Waals surface area (Å²) in [5.74, 6) is 0. The van der Waals surface area contributed by atoms with Crippen molar-refractivity contribution in [3.05, 3.63) is 12.2 Å². The second-order valence-electron chi connectivity index (χ2n) is 4.01. The van der Waals surface area contributed by atoms with Crippen LogP contribution >= 0.6 is 0 Å². The molecule has 0 aliphatic heterocycles. The van der Waals surface area contributed by atoms with E-state index >= 15 is 0 Å². The van der Waals surface area contributed by atoms with E-state index in [-0.39, 0.29) is 13.2 Å². The quantitative estimate of drug-likeness (QED) is 0.468. The Balaban J connectivity index is 3.77. The Labute approximate surface area is 92.6 Å². The number of hydrogen-bond donors (Lipinski definition) is 3. The Kier molecular flexibility index (Phi) is 8.61. The van der Waals surface area contributed by atoms with Gasteiger partial charge in [0.05, 0.1) is 13.2 Å². The molecule has 0 bridgehead atoms. The maximum atomic E-state index is 8.83. The Morgan fingerprint density at radius 1 is 1.27 bits per heavy atom. The lowest BCUT2D eigenvalue weighted by atomic mass is 10.2. The molecule has 0 spiro atoms. The van der Waals surface area contributed by atoms with E-state index in [1.807, 2.05) is 4.90 Å². The van der Waals surface area contributed by atoms with Crippen LogP contribution in [0.3, 0.4) is 0 Å². The van der Waals surface area contributed by atoms with E-state index in [2.05, 4.69) is 25.7 Å². The third-order valence-electron chi connectivity index (χ3n) is 2.04. The predicted octanol–water partition coefficient (Wildman–Crippen LogP) is -0.173. The van der Waals surface area contributed by atoms with Gasteiger partial charge in [0.2, 0.25) is 0 Å². The molecule has 0 rings (SSSR count). The first-order chi connectivity index (χ1) is 7.10. The molecule has 0 unspecified atom stereocenters. The van der Waals surface area contributed by atoms with Gasteiger partial charge in [-0.05, 0) is 5.57 Å². The highest BCUT2D eigenvalue weighted by molar-refractivity contribution is 5.00. The van der Waals surface area contributed by atoms with E-state index in [0.717, 1.165) is 18.7 Å². The maximum Gasteiger partial charge on any atom is 0.0558 e. The zero-order chi connectivity index (χ0) is 11.7. The van der Waals surface area contributed by atoms with Crippen LogP contribution in [0.25, 0.3) is 0 Å². The molecule has 0 aromatic rings. The fourth-order valence-electron chi connectivity index (χ4n) is 1.27. The zero-order valence-electron chi connectivity index (χ0n) is 9.87. The van der Waals surface area contributed by atoms with Crippen molar-refractivity contribution in [2.75, 3.05) is 39.4 Å². The van der Waals surface area contributed by atoms with Crippen molar-refractivity contribution in [3.8, 4) is 0 Å². The summed E-state index contributed by atoms with van der Waals surface area (Å²) in [4.78, 5) is 1.99. The minimum atomic E-state index is 0.116. The minimum absolute atomic E-state index is 0.116. The van der Waals surface area contributed by atoms with Crippen LogP contribution in [0.15, 0.2) is 12.2 Å². The van der Waals surface area contributed by atoms with Gasteiger partial charge < -0.3 is 15.5 Å². The van der Waals surface area contributed by atoms with E-state index in [9.17, 15) is 0 Å². The molecule has 0 amide bonds. The smallest absolute Gasteiger partial charge is 0.0558 e. The summed E-state index contributed by atoms with van der Waals surface area (Å²) in [6, 6.07) is 0.450. The number of aliphatic hydroxyl groups excluding tert-OH is 2. The lowest BCUT2D eigenvalue weighted by Crippen LogP contribution is -2.34. The van der Waals surface area contributed by atoms with Gasteiger partial charge in [0.1, 0.15) is 0 Å². The normalized spacial score (nSPS) is 11.3. The molecule has 0 aliphatic carbocycles. The SMILES string of the molecule is C=C(CNC(C)C)CN(CCO)CCO. The molecule has 3 N–H and O–H groups in total. The van der Waals surface area contributed by atoms with Crippen LogP contribution in [0.5, 0.6) is 0 Å². The van der Waals surface area contributed by atoms with Crippen LogP contribution in [0.2, 0.25) is 0 Å². The van der Waals surface area contributed by atoms with Crippen molar-refractivity contribution in [2.24, 2.45) is 0 Å². The van der Waals surface area contributed by atoms with Crippen molar-refractivity contribution < 1.29 is 10.2 Å². The van der Waals surface area contributed by atoms with Crippen molar-refractivity contribution >= 4 is 0 Å². The molecular formula is C11H24N2O2. The third kappa shape index (κ3) is 8.57. The van der Waals surface area contributed by atoms with E-state index < -0.39 is 0 Å². The van der Waals surface area contributed by atoms with Crippen LogP contribution in [-0.2, 0) is 0 Å². The standard InChI is InChI=1S/C11H24N2O2/c1-10(2)12-8-11(3)9-13(4-6-14)5-7-15/h10,12,14-15H,3-9H2,1-2H3. The third-order valence-corrected chi connectivity index (χ3v) is 2.04. The van der Waals surface area contributed by atoms with Gasteiger partial charge in [-0.25, -0.2) is 0 Å². The van der Waals surface area contributed by atoms with Crippen LogP contribution < -0.4 is 5.32 Å². The summed E-state index contributed by atoms with van der Waals surface area (Å²) in [6.07, 6.45) is 0. The highest BCUT2D eigenvalue weighted by atomic mass is 16.3. The van der Waals surface area contributed by atoms with Crippen LogP contribution in [0.4, 0.5) is 0 Å². The van der Waals surface area contributed by atoms with Gasteiger partial charge in [0, 0.05) is 32.2 Å². The summed E-state index contributed by atoms with van der Waals surface area (Å²) >= 11 is 0. The maximum absolute atomic E-state index is 8.83. The molecule has 0 saturated carbocycles. The molecule has 4 heteroatoms. The predicted molar refractivity (Wildman–Crippen MR) is 62.9 cm³/mol. The zero-order valence-corrected chi connectivity index (χ0v) is 9.87. The van der Waals surface area contributed by atoms with Crippen molar-refractivity contribution in [1.29, 1.82) is 0 Å². The largest absolute Gasteiger partial charge is 0.395 e. The van der Waals surface area contributed by atoms with Crippen LogP contribution in [-0.4, -0.2) is 60.5 Å². The molecule has 0 aliphatic rings. The topological polar surface area (TPSA) is 55.7 Å². The first-order valence-electron chi connectivity index (χ1n) is 5.44. The van der Waals surface area contributed by atoms with Gasteiger partial charge in [-0.2, -0.15) is 0 Å². The number of rotatable bonds is 9. The van der Waals surface area contributed by atoms with Gasteiger partial charge >= 0.3 is 0 Å². The van der Waals surface area contributed by atoms with Gasteiger partial charge in [0.15, 0.2) is 0 Å². The van der Waals surface area contributed by atoms with Gasteiger partial charge in [-0.1, -0.05) is 20.4 Å². The summed E-state index contributed by atoms with van der Waals surface area (Å²) in [5, 5.41) is 20.9. The Hall–Kier alpha value is -0.420. The molecule has 0 aromatic carbocycles. The highest BCUT2D eigenvalue weighted by Gasteiger charge is 2.05. The molecule has 0 radical (unpaired) electrons. The summed E-state index contributed by atoms with van der Waals surface area (Å²) in [6.45, 7) is 11.0. The summed E-state index contributed by atoms with van der Waals surface area (Å²) in [5.41, 5.74) is 1.07. The van der Waals surface area contributed by atoms with Gasteiger partial charge in [-0.15, -0.1) is 0 Å². The highest BCUT2D eigenvalue weighted by Crippen LogP contribution is 1.96. The molecule has 0 aromatic heterocycles. The molecular weight excluding hydrogens is 192 g/mol. The summed E-state index contributed by atoms with van der Waals surface area (Å²) < 4.78 is 0. The van der Waals surface area contributed by atoms with Crippen LogP contribution in [0, 0.1) is 0 Å². The Morgan fingerprint density at radius 3 is 2.20 bits per heavy atom. The molecule has 4 nitrogen and oxygen atoms in total. The van der Waals surface area contributed by atoms with Crippen molar-refractivity contribution in [3.63, 3.8) is 0 Å².